The Hall–Kier alpha value is -0.870. The van der Waals surface area contributed by atoms with Crippen LogP contribution in [-0.4, -0.2) is 30.0 Å². The summed E-state index contributed by atoms with van der Waals surface area (Å²) in [6.07, 6.45) is 4.24. The Morgan fingerprint density at radius 1 is 1.47 bits per heavy atom. The summed E-state index contributed by atoms with van der Waals surface area (Å²) >= 11 is 0. The molecular formula is C13H25N3O. The topological polar surface area (TPSA) is 39.1 Å². The van der Waals surface area contributed by atoms with Gasteiger partial charge in [0.2, 0.25) is 0 Å². The fraction of sp³-hybridized carbons (Fsp3) is 0.769. The van der Waals surface area contributed by atoms with Crippen LogP contribution in [0.4, 0.5) is 0 Å². The van der Waals surface area contributed by atoms with E-state index in [1.54, 1.807) is 7.11 Å². The van der Waals surface area contributed by atoms with E-state index in [0.717, 1.165) is 32.5 Å². The molecule has 1 aromatic heterocycles. The summed E-state index contributed by atoms with van der Waals surface area (Å²) < 4.78 is 7.15. The molecule has 0 unspecified atom stereocenters. The molecule has 1 heterocycles. The molecule has 1 N–H and O–H groups in total. The van der Waals surface area contributed by atoms with E-state index in [1.165, 1.54) is 11.3 Å². The second-order valence-electron chi connectivity index (χ2n) is 4.57. The number of methoxy groups -OCH3 is 1. The van der Waals surface area contributed by atoms with Crippen LogP contribution >= 0.6 is 0 Å². The Labute approximate surface area is 104 Å². The van der Waals surface area contributed by atoms with Crippen LogP contribution < -0.4 is 5.32 Å². The summed E-state index contributed by atoms with van der Waals surface area (Å²) in [4.78, 5) is 0. The van der Waals surface area contributed by atoms with Crippen LogP contribution in [0.2, 0.25) is 0 Å². The molecule has 0 aliphatic heterocycles. The molecule has 0 bridgehead atoms. The highest BCUT2D eigenvalue weighted by Crippen LogP contribution is 2.15. The van der Waals surface area contributed by atoms with Crippen molar-refractivity contribution in [3.8, 4) is 0 Å². The first-order valence-corrected chi connectivity index (χ1v) is 6.45. The largest absolute Gasteiger partial charge is 0.383 e. The molecule has 1 aromatic rings. The van der Waals surface area contributed by atoms with Crippen LogP contribution in [0.5, 0.6) is 0 Å². The van der Waals surface area contributed by atoms with Gasteiger partial charge in [-0.1, -0.05) is 13.3 Å². The molecule has 0 aliphatic carbocycles. The number of rotatable bonds is 8. The van der Waals surface area contributed by atoms with Crippen molar-refractivity contribution in [3.05, 3.63) is 17.5 Å². The van der Waals surface area contributed by atoms with E-state index in [0.29, 0.717) is 6.04 Å². The highest BCUT2D eigenvalue weighted by atomic mass is 16.5. The van der Waals surface area contributed by atoms with Gasteiger partial charge in [-0.15, -0.1) is 0 Å². The molecule has 17 heavy (non-hydrogen) atoms. The molecule has 0 atom stereocenters. The van der Waals surface area contributed by atoms with E-state index in [1.807, 2.05) is 6.20 Å². The maximum atomic E-state index is 5.02. The molecule has 4 nitrogen and oxygen atoms in total. The first-order chi connectivity index (χ1) is 8.20. The SMILES string of the molecule is CCCc1c(CNCCOC)cnn1C(C)C. The first kappa shape index (κ1) is 14.2. The van der Waals surface area contributed by atoms with Gasteiger partial charge in [0.05, 0.1) is 12.8 Å². The van der Waals surface area contributed by atoms with Gasteiger partial charge in [0, 0.05) is 37.5 Å². The van der Waals surface area contributed by atoms with Crippen molar-refractivity contribution in [1.82, 2.24) is 15.1 Å². The minimum atomic E-state index is 0.435. The van der Waals surface area contributed by atoms with Gasteiger partial charge in [-0.3, -0.25) is 4.68 Å². The van der Waals surface area contributed by atoms with Gasteiger partial charge in [0.25, 0.3) is 0 Å². The number of ether oxygens (including phenoxy) is 1. The zero-order chi connectivity index (χ0) is 12.7. The van der Waals surface area contributed by atoms with E-state index in [4.69, 9.17) is 4.74 Å². The average Bonchev–Trinajstić information content (AvgIpc) is 2.69. The van der Waals surface area contributed by atoms with Crippen LogP contribution in [0.15, 0.2) is 6.20 Å². The lowest BCUT2D eigenvalue weighted by Crippen LogP contribution is -2.19. The highest BCUT2D eigenvalue weighted by molar-refractivity contribution is 5.18. The summed E-state index contributed by atoms with van der Waals surface area (Å²) in [5.74, 6) is 0. The van der Waals surface area contributed by atoms with Crippen molar-refractivity contribution in [1.29, 1.82) is 0 Å². The normalized spacial score (nSPS) is 11.4. The van der Waals surface area contributed by atoms with Gasteiger partial charge in [-0.2, -0.15) is 5.10 Å². The Morgan fingerprint density at radius 2 is 2.24 bits per heavy atom. The van der Waals surface area contributed by atoms with E-state index in [-0.39, 0.29) is 0 Å². The molecule has 4 heteroatoms. The molecule has 0 saturated carbocycles. The molecule has 0 spiro atoms. The summed E-state index contributed by atoms with van der Waals surface area (Å²) in [5.41, 5.74) is 2.68. The Kier molecular flexibility index (Phi) is 6.22. The third-order valence-corrected chi connectivity index (χ3v) is 2.76. The van der Waals surface area contributed by atoms with Gasteiger partial charge in [-0.05, 0) is 20.3 Å². The van der Waals surface area contributed by atoms with Crippen molar-refractivity contribution >= 4 is 0 Å². The van der Waals surface area contributed by atoms with Crippen molar-refractivity contribution < 1.29 is 4.74 Å². The Morgan fingerprint density at radius 3 is 2.82 bits per heavy atom. The van der Waals surface area contributed by atoms with Crippen molar-refractivity contribution in [2.75, 3.05) is 20.3 Å². The zero-order valence-corrected chi connectivity index (χ0v) is 11.5. The molecule has 1 rings (SSSR count). The number of hydrogen-bond donors (Lipinski definition) is 1. The highest BCUT2D eigenvalue weighted by Gasteiger charge is 2.11. The lowest BCUT2D eigenvalue weighted by Gasteiger charge is -2.12. The second-order valence-corrected chi connectivity index (χ2v) is 4.57. The van der Waals surface area contributed by atoms with Gasteiger partial charge in [-0.25, -0.2) is 0 Å². The van der Waals surface area contributed by atoms with Crippen molar-refractivity contribution in [2.24, 2.45) is 0 Å². The van der Waals surface area contributed by atoms with Crippen LogP contribution in [0.1, 0.15) is 44.5 Å². The maximum absolute atomic E-state index is 5.02. The summed E-state index contributed by atoms with van der Waals surface area (Å²) in [5, 5.41) is 7.85. The molecule has 98 valence electrons. The first-order valence-electron chi connectivity index (χ1n) is 6.45. The molecular weight excluding hydrogens is 214 g/mol. The molecule has 0 amide bonds. The third kappa shape index (κ3) is 4.13. The predicted molar refractivity (Wildman–Crippen MR) is 70.2 cm³/mol. The zero-order valence-electron chi connectivity index (χ0n) is 11.5. The van der Waals surface area contributed by atoms with E-state index in [9.17, 15) is 0 Å². The van der Waals surface area contributed by atoms with Gasteiger partial charge in [0.15, 0.2) is 0 Å². The van der Waals surface area contributed by atoms with E-state index < -0.39 is 0 Å². The van der Waals surface area contributed by atoms with Crippen LogP contribution in [-0.2, 0) is 17.7 Å². The standard InChI is InChI=1S/C13H25N3O/c1-5-6-13-12(9-14-7-8-17-4)10-15-16(13)11(2)3/h10-11,14H,5-9H2,1-4H3. The molecule has 0 saturated heterocycles. The van der Waals surface area contributed by atoms with E-state index in [2.05, 4.69) is 35.9 Å². The Bertz CT molecular complexity index is 320. The van der Waals surface area contributed by atoms with Crippen molar-refractivity contribution in [2.45, 2.75) is 46.2 Å². The molecule has 0 aliphatic rings. The molecule has 0 fully saturated rings. The summed E-state index contributed by atoms with van der Waals surface area (Å²) in [7, 11) is 1.72. The quantitative estimate of drug-likeness (QED) is 0.707. The van der Waals surface area contributed by atoms with Gasteiger partial charge in [0.1, 0.15) is 0 Å². The lowest BCUT2D eigenvalue weighted by molar-refractivity contribution is 0.199. The Balaban J connectivity index is 2.63. The van der Waals surface area contributed by atoms with Gasteiger partial charge < -0.3 is 10.1 Å². The van der Waals surface area contributed by atoms with Crippen molar-refractivity contribution in [3.63, 3.8) is 0 Å². The van der Waals surface area contributed by atoms with Crippen LogP contribution in [0.25, 0.3) is 0 Å². The van der Waals surface area contributed by atoms with Gasteiger partial charge >= 0.3 is 0 Å². The monoisotopic (exact) mass is 239 g/mol. The maximum Gasteiger partial charge on any atom is 0.0587 e. The lowest BCUT2D eigenvalue weighted by atomic mass is 10.1. The van der Waals surface area contributed by atoms with Crippen LogP contribution in [0, 0.1) is 0 Å². The second kappa shape index (κ2) is 7.45. The smallest absolute Gasteiger partial charge is 0.0587 e. The number of aromatic nitrogens is 2. The fourth-order valence-corrected chi connectivity index (χ4v) is 1.93. The molecule has 0 radical (unpaired) electrons. The minimum Gasteiger partial charge on any atom is -0.383 e. The predicted octanol–water partition coefficient (Wildman–Crippen LogP) is 2.15. The fourth-order valence-electron chi connectivity index (χ4n) is 1.93. The van der Waals surface area contributed by atoms with E-state index >= 15 is 0 Å². The third-order valence-electron chi connectivity index (χ3n) is 2.76. The number of nitrogens with zero attached hydrogens (tertiary/aromatic N) is 2. The minimum absolute atomic E-state index is 0.435. The molecule has 0 aromatic carbocycles. The summed E-state index contributed by atoms with van der Waals surface area (Å²) in [6.45, 7) is 9.07. The summed E-state index contributed by atoms with van der Waals surface area (Å²) in [6, 6.07) is 0.435. The number of hydrogen-bond acceptors (Lipinski definition) is 3. The average molecular weight is 239 g/mol. The number of nitrogens with one attached hydrogen (secondary N) is 1. The van der Waals surface area contributed by atoms with Crippen LogP contribution in [0.3, 0.4) is 0 Å².